The molecule has 232 valence electrons. The minimum Gasteiger partial charge on any atom is -0.472 e. The predicted octanol–water partition coefficient (Wildman–Crippen LogP) is 5.09. The summed E-state index contributed by atoms with van der Waals surface area (Å²) in [6.07, 6.45) is 5.95. The number of carbonyl (C=O) groups is 1. The SMILES string of the molecule is COC(=O)c1ccc2nc(CN3CCC(n4ccc(OCc5ccc(C#N)cc5F)n4)CC3)n(Cc3cncn3C(F)F)c2c1. The molecule has 0 saturated carbocycles. The Bertz CT molecular complexity index is 1870. The van der Waals surface area contributed by atoms with Crippen LogP contribution in [0, 0.1) is 17.1 Å². The van der Waals surface area contributed by atoms with Crippen LogP contribution in [0.1, 0.15) is 58.4 Å². The molecule has 1 aliphatic heterocycles. The largest absolute Gasteiger partial charge is 0.472 e. The molecule has 1 aliphatic rings. The van der Waals surface area contributed by atoms with Crippen LogP contribution in [-0.2, 0) is 24.4 Å². The van der Waals surface area contributed by atoms with Crippen LogP contribution >= 0.6 is 0 Å². The summed E-state index contributed by atoms with van der Waals surface area (Å²) >= 11 is 0. The third-order valence-corrected chi connectivity index (χ3v) is 7.96. The lowest BCUT2D eigenvalue weighted by Crippen LogP contribution is -2.35. The Hall–Kier alpha value is -5.16. The van der Waals surface area contributed by atoms with E-state index in [1.54, 1.807) is 30.3 Å². The molecule has 0 bridgehead atoms. The fraction of sp³-hybridized carbons (Fsp3) is 0.323. The van der Waals surface area contributed by atoms with Gasteiger partial charge in [-0.15, -0.1) is 5.10 Å². The number of imidazole rings is 2. The van der Waals surface area contributed by atoms with Gasteiger partial charge >= 0.3 is 12.5 Å². The van der Waals surface area contributed by atoms with Crippen molar-refractivity contribution < 1.29 is 27.4 Å². The zero-order valence-electron chi connectivity index (χ0n) is 24.3. The molecule has 14 heteroatoms. The number of aromatic nitrogens is 6. The number of likely N-dealkylation sites (tertiary alicyclic amines) is 1. The first-order valence-corrected chi connectivity index (χ1v) is 14.3. The van der Waals surface area contributed by atoms with Crippen molar-refractivity contribution in [3.63, 3.8) is 0 Å². The Labute approximate surface area is 256 Å². The summed E-state index contributed by atoms with van der Waals surface area (Å²) in [6.45, 7) is -0.699. The van der Waals surface area contributed by atoms with Gasteiger partial charge in [-0.05, 0) is 43.2 Å². The summed E-state index contributed by atoms with van der Waals surface area (Å²) in [7, 11) is 1.30. The minimum atomic E-state index is -2.74. The molecule has 1 fully saturated rings. The van der Waals surface area contributed by atoms with E-state index in [-0.39, 0.29) is 24.8 Å². The lowest BCUT2D eigenvalue weighted by molar-refractivity contribution is 0.0600. The summed E-state index contributed by atoms with van der Waals surface area (Å²) in [5, 5.41) is 13.5. The van der Waals surface area contributed by atoms with Gasteiger partial charge in [-0.1, -0.05) is 6.07 Å². The molecule has 0 amide bonds. The number of nitrogens with zero attached hydrogens (tertiary/aromatic N) is 8. The number of esters is 1. The van der Waals surface area contributed by atoms with Crippen LogP contribution in [0.5, 0.6) is 5.88 Å². The molecule has 1 saturated heterocycles. The number of piperidine rings is 1. The summed E-state index contributed by atoms with van der Waals surface area (Å²) in [4.78, 5) is 23.2. The Morgan fingerprint density at radius 3 is 2.69 bits per heavy atom. The highest BCUT2D eigenvalue weighted by Crippen LogP contribution is 2.27. The maximum absolute atomic E-state index is 14.2. The zero-order valence-corrected chi connectivity index (χ0v) is 24.3. The van der Waals surface area contributed by atoms with Crippen molar-refractivity contribution in [1.29, 1.82) is 5.26 Å². The molecule has 0 aliphatic carbocycles. The maximum Gasteiger partial charge on any atom is 0.337 e. The van der Waals surface area contributed by atoms with Gasteiger partial charge in [0.1, 0.15) is 18.2 Å². The second-order valence-electron chi connectivity index (χ2n) is 10.7. The molecule has 0 spiro atoms. The molecule has 2 aromatic carbocycles. The Balaban J connectivity index is 1.14. The van der Waals surface area contributed by atoms with Crippen molar-refractivity contribution in [1.82, 2.24) is 33.8 Å². The van der Waals surface area contributed by atoms with E-state index in [2.05, 4.69) is 15.0 Å². The molecule has 45 heavy (non-hydrogen) atoms. The molecule has 0 atom stereocenters. The van der Waals surface area contributed by atoms with Gasteiger partial charge in [-0.2, -0.15) is 14.0 Å². The predicted molar refractivity (Wildman–Crippen MR) is 155 cm³/mol. The van der Waals surface area contributed by atoms with Gasteiger partial charge in [0.2, 0.25) is 5.88 Å². The fourth-order valence-corrected chi connectivity index (χ4v) is 5.54. The van der Waals surface area contributed by atoms with Gasteiger partial charge < -0.3 is 14.0 Å². The highest BCUT2D eigenvalue weighted by molar-refractivity contribution is 5.93. The number of benzene rings is 2. The first-order valence-electron chi connectivity index (χ1n) is 14.3. The number of hydrogen-bond acceptors (Lipinski definition) is 8. The molecule has 4 heterocycles. The first kappa shape index (κ1) is 29.9. The van der Waals surface area contributed by atoms with Gasteiger partial charge in [0.15, 0.2) is 0 Å². The second kappa shape index (κ2) is 12.8. The standard InChI is InChI=1S/C31H29F3N8O3/c1-44-30(43)21-4-5-26-27(13-21)40(16-24-15-36-19-41(24)31(33)34)28(37-26)17-39-9-6-23(7-10-39)42-11-8-29(38-42)45-18-22-3-2-20(14-35)12-25(22)32/h2-5,8,11-13,15,19,23,31H,6-7,9-10,16-18H2,1H3. The van der Waals surface area contributed by atoms with Crippen LogP contribution in [0.4, 0.5) is 13.2 Å². The van der Waals surface area contributed by atoms with E-state index in [1.165, 1.54) is 25.4 Å². The third kappa shape index (κ3) is 6.39. The molecule has 0 radical (unpaired) electrons. The molecule has 6 rings (SSSR count). The molecule has 0 unspecified atom stereocenters. The molecular formula is C31H29F3N8O3. The Kier molecular flexibility index (Phi) is 8.52. The average molecular weight is 619 g/mol. The highest BCUT2D eigenvalue weighted by atomic mass is 19.3. The van der Waals surface area contributed by atoms with Gasteiger partial charge in [-0.3, -0.25) is 14.1 Å². The number of carbonyl (C=O) groups excluding carboxylic acids is 1. The number of methoxy groups -OCH3 is 1. The first-order chi connectivity index (χ1) is 21.8. The van der Waals surface area contributed by atoms with Crippen LogP contribution in [0.3, 0.4) is 0 Å². The van der Waals surface area contributed by atoms with Gasteiger partial charge in [0.25, 0.3) is 0 Å². The van der Waals surface area contributed by atoms with Crippen molar-refractivity contribution in [2.24, 2.45) is 0 Å². The van der Waals surface area contributed by atoms with E-state index in [4.69, 9.17) is 19.7 Å². The molecule has 11 nitrogen and oxygen atoms in total. The average Bonchev–Trinajstić information content (AvgIpc) is 3.80. The van der Waals surface area contributed by atoms with Crippen LogP contribution in [-0.4, -0.2) is 60.0 Å². The van der Waals surface area contributed by atoms with Gasteiger partial charge in [0, 0.05) is 30.9 Å². The lowest BCUT2D eigenvalue weighted by Gasteiger charge is -2.31. The molecule has 0 N–H and O–H groups in total. The summed E-state index contributed by atoms with van der Waals surface area (Å²) < 4.78 is 56.5. The van der Waals surface area contributed by atoms with Crippen molar-refractivity contribution in [2.45, 2.75) is 45.1 Å². The number of fused-ring (bicyclic) bond motifs is 1. The van der Waals surface area contributed by atoms with Crippen LogP contribution in [0.25, 0.3) is 11.0 Å². The second-order valence-corrected chi connectivity index (χ2v) is 10.7. The lowest BCUT2D eigenvalue weighted by atomic mass is 10.1. The third-order valence-electron chi connectivity index (χ3n) is 7.96. The topological polar surface area (TPSA) is 116 Å². The number of halogens is 3. The fourth-order valence-electron chi connectivity index (χ4n) is 5.54. The normalized spacial score (nSPS) is 14.2. The van der Waals surface area contributed by atoms with Crippen molar-refractivity contribution in [3.8, 4) is 11.9 Å². The Morgan fingerprint density at radius 1 is 1.13 bits per heavy atom. The molecule has 5 aromatic rings. The molecular weight excluding hydrogens is 589 g/mol. The smallest absolute Gasteiger partial charge is 0.337 e. The number of rotatable bonds is 10. The van der Waals surface area contributed by atoms with Gasteiger partial charge in [-0.25, -0.2) is 19.2 Å². The van der Waals surface area contributed by atoms with E-state index in [0.717, 1.165) is 36.8 Å². The number of alkyl halides is 2. The van der Waals surface area contributed by atoms with Gasteiger partial charge in [0.05, 0.1) is 72.7 Å². The quantitative estimate of drug-likeness (QED) is 0.199. The van der Waals surface area contributed by atoms with E-state index in [1.807, 2.05) is 21.5 Å². The van der Waals surface area contributed by atoms with Crippen molar-refractivity contribution >= 4 is 17.0 Å². The van der Waals surface area contributed by atoms with E-state index in [9.17, 15) is 18.0 Å². The monoisotopic (exact) mass is 618 g/mol. The number of nitriles is 1. The van der Waals surface area contributed by atoms with Crippen LogP contribution in [0.2, 0.25) is 0 Å². The number of ether oxygens (including phenoxy) is 2. The maximum atomic E-state index is 14.2. The van der Waals surface area contributed by atoms with Crippen LogP contribution < -0.4 is 4.74 Å². The zero-order chi connectivity index (χ0) is 31.5. The van der Waals surface area contributed by atoms with Crippen molar-refractivity contribution in [2.75, 3.05) is 20.2 Å². The van der Waals surface area contributed by atoms with E-state index in [0.29, 0.717) is 46.1 Å². The van der Waals surface area contributed by atoms with E-state index < -0.39 is 18.3 Å². The van der Waals surface area contributed by atoms with E-state index >= 15 is 0 Å². The Morgan fingerprint density at radius 2 is 1.96 bits per heavy atom. The summed E-state index contributed by atoms with van der Waals surface area (Å²) in [5.74, 6) is 0.0546. The number of hydrogen-bond donors (Lipinski definition) is 0. The van der Waals surface area contributed by atoms with Crippen LogP contribution in [0.15, 0.2) is 61.2 Å². The minimum absolute atomic E-state index is 0.00672. The van der Waals surface area contributed by atoms with Crippen molar-refractivity contribution in [3.05, 3.63) is 95.2 Å². The highest BCUT2D eigenvalue weighted by Gasteiger charge is 2.24. The summed E-state index contributed by atoms with van der Waals surface area (Å²) in [6, 6.07) is 13.1. The molecule has 3 aromatic heterocycles. The summed E-state index contributed by atoms with van der Waals surface area (Å²) in [5.41, 5.74) is 2.51.